The minimum atomic E-state index is -0.246. The molecule has 0 unspecified atom stereocenters. The molecule has 1 N–H and O–H groups in total. The lowest BCUT2D eigenvalue weighted by Crippen LogP contribution is -2.37. The minimum absolute atomic E-state index is 0.0529. The molecule has 1 saturated carbocycles. The van der Waals surface area contributed by atoms with E-state index in [1.807, 2.05) is 23.6 Å². The van der Waals surface area contributed by atoms with Crippen LogP contribution in [0.3, 0.4) is 0 Å². The van der Waals surface area contributed by atoms with E-state index in [9.17, 15) is 4.79 Å². The Morgan fingerprint density at radius 3 is 2.59 bits per heavy atom. The van der Waals surface area contributed by atoms with E-state index in [4.69, 9.17) is 9.72 Å². The predicted octanol–water partition coefficient (Wildman–Crippen LogP) is 6.19. The topological polar surface area (TPSA) is 75.5 Å². The maximum Gasteiger partial charge on any atom is 0.267 e. The first-order valence-corrected chi connectivity index (χ1v) is 16.0. The van der Waals surface area contributed by atoms with Gasteiger partial charge in [0.1, 0.15) is 11.5 Å². The lowest BCUT2D eigenvalue weighted by Gasteiger charge is -2.34. The van der Waals surface area contributed by atoms with Gasteiger partial charge in [0.2, 0.25) is 5.95 Å². The van der Waals surface area contributed by atoms with E-state index in [0.717, 1.165) is 95.4 Å². The second-order valence-electron chi connectivity index (χ2n) is 11.8. The van der Waals surface area contributed by atoms with Crippen molar-refractivity contribution in [2.75, 3.05) is 56.2 Å². The molecule has 0 amide bonds. The van der Waals surface area contributed by atoms with Crippen LogP contribution in [-0.2, 0) is 4.74 Å². The summed E-state index contributed by atoms with van der Waals surface area (Å²) < 4.78 is 23.2. The molecular weight excluding hydrogens is 587 g/mol. The van der Waals surface area contributed by atoms with Crippen LogP contribution in [0.2, 0.25) is 0 Å². The van der Waals surface area contributed by atoms with Crippen LogP contribution in [0.4, 0.5) is 21.7 Å². The van der Waals surface area contributed by atoms with Crippen LogP contribution in [0.5, 0.6) is 0 Å². The van der Waals surface area contributed by atoms with Crippen molar-refractivity contribution >= 4 is 44.3 Å². The third-order valence-electron chi connectivity index (χ3n) is 9.18. The van der Waals surface area contributed by atoms with Crippen molar-refractivity contribution < 1.29 is 9.13 Å². The number of piperidine rings is 1. The number of halogens is 2. The molecule has 2 saturated heterocycles. The highest BCUT2D eigenvalue weighted by molar-refractivity contribution is 9.10. The standard InChI is InChI=1S/C31H40BrFN6O2/c1-21-25-20-34-31(36-29(25)39(30(40)28(21)32)24-6-2-3-7-24)35-23-8-9-27(26(33)19-23)38-13-10-22(11-14-38)5-4-12-37-15-17-41-18-16-37/h8-9,19-20,22,24H,2-7,10-18H2,1H3,(H,34,35,36). The summed E-state index contributed by atoms with van der Waals surface area (Å²) in [5.74, 6) is 0.826. The molecule has 1 aliphatic carbocycles. The highest BCUT2D eigenvalue weighted by Gasteiger charge is 2.25. The maximum atomic E-state index is 15.3. The molecule has 41 heavy (non-hydrogen) atoms. The second-order valence-corrected chi connectivity index (χ2v) is 12.6. The molecule has 220 valence electrons. The predicted molar refractivity (Wildman–Crippen MR) is 165 cm³/mol. The molecule has 0 radical (unpaired) electrons. The molecule has 3 aliphatic rings. The van der Waals surface area contributed by atoms with Gasteiger partial charge in [0.05, 0.1) is 23.4 Å². The van der Waals surface area contributed by atoms with E-state index in [-0.39, 0.29) is 17.4 Å². The summed E-state index contributed by atoms with van der Waals surface area (Å²) in [4.78, 5) is 27.1. The van der Waals surface area contributed by atoms with E-state index >= 15 is 4.39 Å². The molecule has 0 atom stereocenters. The molecule has 8 nitrogen and oxygen atoms in total. The molecule has 3 aromatic rings. The first kappa shape index (κ1) is 28.6. The average Bonchev–Trinajstić information content (AvgIpc) is 3.52. The van der Waals surface area contributed by atoms with E-state index in [1.165, 1.54) is 18.9 Å². The normalized spacial score (nSPS) is 19.3. The summed E-state index contributed by atoms with van der Waals surface area (Å²) in [6, 6.07) is 5.40. The van der Waals surface area contributed by atoms with Gasteiger partial charge in [-0.05, 0) is 97.6 Å². The number of nitrogens with zero attached hydrogens (tertiary/aromatic N) is 5. The number of rotatable bonds is 8. The summed E-state index contributed by atoms with van der Waals surface area (Å²) in [5.41, 5.74) is 2.65. The van der Waals surface area contributed by atoms with Gasteiger partial charge in [0.25, 0.3) is 5.56 Å². The fourth-order valence-electron chi connectivity index (χ4n) is 6.72. The Morgan fingerprint density at radius 1 is 1.10 bits per heavy atom. The monoisotopic (exact) mass is 626 g/mol. The Morgan fingerprint density at radius 2 is 1.85 bits per heavy atom. The van der Waals surface area contributed by atoms with Crippen LogP contribution in [0.25, 0.3) is 11.0 Å². The van der Waals surface area contributed by atoms with Crippen LogP contribution in [-0.4, -0.2) is 65.4 Å². The molecule has 1 aromatic carbocycles. The van der Waals surface area contributed by atoms with Crippen LogP contribution in [0, 0.1) is 18.7 Å². The largest absolute Gasteiger partial charge is 0.379 e. The number of pyridine rings is 1. The number of fused-ring (bicyclic) bond motifs is 1. The minimum Gasteiger partial charge on any atom is -0.379 e. The maximum absolute atomic E-state index is 15.3. The molecule has 0 spiro atoms. The first-order chi connectivity index (χ1) is 20.0. The van der Waals surface area contributed by atoms with E-state index in [1.54, 1.807) is 6.20 Å². The fraction of sp³-hybridized carbons (Fsp3) is 0.581. The first-order valence-electron chi connectivity index (χ1n) is 15.2. The van der Waals surface area contributed by atoms with Gasteiger partial charge < -0.3 is 15.0 Å². The molecule has 4 heterocycles. The van der Waals surface area contributed by atoms with Gasteiger partial charge >= 0.3 is 0 Å². The Kier molecular flexibility index (Phi) is 8.88. The summed E-state index contributed by atoms with van der Waals surface area (Å²) in [6.45, 7) is 8.64. The van der Waals surface area contributed by atoms with Crippen molar-refractivity contribution in [3.8, 4) is 0 Å². The molecule has 3 fully saturated rings. The number of hydrogen-bond acceptors (Lipinski definition) is 7. The van der Waals surface area contributed by atoms with Gasteiger partial charge in [-0.2, -0.15) is 4.98 Å². The third kappa shape index (κ3) is 6.29. The van der Waals surface area contributed by atoms with Gasteiger partial charge in [-0.3, -0.25) is 14.3 Å². The van der Waals surface area contributed by atoms with Gasteiger partial charge in [0.15, 0.2) is 0 Å². The van der Waals surface area contributed by atoms with Crippen molar-refractivity contribution in [2.24, 2.45) is 5.92 Å². The van der Waals surface area contributed by atoms with E-state index in [0.29, 0.717) is 33.4 Å². The Labute approximate surface area is 249 Å². The molecule has 6 rings (SSSR count). The quantitative estimate of drug-likeness (QED) is 0.319. The number of hydrogen-bond donors (Lipinski definition) is 1. The van der Waals surface area contributed by atoms with Crippen molar-refractivity contribution in [1.82, 2.24) is 19.4 Å². The Balaban J connectivity index is 1.10. The SMILES string of the molecule is Cc1c(Br)c(=O)n(C2CCCC2)c2nc(Nc3ccc(N4CCC(CCCN5CCOCC5)CC4)c(F)c3)ncc12. The number of anilines is 3. The van der Waals surface area contributed by atoms with E-state index < -0.39 is 0 Å². The van der Waals surface area contributed by atoms with Gasteiger partial charge in [0, 0.05) is 49.5 Å². The van der Waals surface area contributed by atoms with Gasteiger partial charge in [-0.1, -0.05) is 12.8 Å². The van der Waals surface area contributed by atoms with Crippen molar-refractivity contribution in [2.45, 2.75) is 64.3 Å². The van der Waals surface area contributed by atoms with Crippen molar-refractivity contribution in [3.05, 3.63) is 50.6 Å². The fourth-order valence-corrected chi connectivity index (χ4v) is 7.13. The number of morpholine rings is 1. The van der Waals surface area contributed by atoms with E-state index in [2.05, 4.69) is 36.0 Å². The smallest absolute Gasteiger partial charge is 0.267 e. The number of benzene rings is 1. The Hall–Kier alpha value is -2.56. The molecule has 0 bridgehead atoms. The highest BCUT2D eigenvalue weighted by Crippen LogP contribution is 2.33. The van der Waals surface area contributed by atoms with Gasteiger partial charge in [-0.15, -0.1) is 0 Å². The molecular formula is C31H40BrFN6O2. The van der Waals surface area contributed by atoms with Crippen LogP contribution in [0.1, 0.15) is 63.0 Å². The number of aryl methyl sites for hydroxylation is 1. The lowest BCUT2D eigenvalue weighted by atomic mass is 9.91. The summed E-state index contributed by atoms with van der Waals surface area (Å²) in [6.07, 6.45) is 10.6. The molecule has 2 aliphatic heterocycles. The second kappa shape index (κ2) is 12.8. The summed E-state index contributed by atoms with van der Waals surface area (Å²) in [7, 11) is 0. The Bertz CT molecular complexity index is 1430. The number of nitrogens with one attached hydrogen (secondary N) is 1. The van der Waals surface area contributed by atoms with Crippen LogP contribution < -0.4 is 15.8 Å². The lowest BCUT2D eigenvalue weighted by molar-refractivity contribution is 0.0365. The van der Waals surface area contributed by atoms with Crippen LogP contribution >= 0.6 is 15.9 Å². The summed E-state index contributed by atoms with van der Waals surface area (Å²) in [5, 5.41) is 4.02. The molecule has 2 aromatic heterocycles. The van der Waals surface area contributed by atoms with Gasteiger partial charge in [-0.25, -0.2) is 9.37 Å². The van der Waals surface area contributed by atoms with Crippen LogP contribution in [0.15, 0.2) is 33.7 Å². The zero-order chi connectivity index (χ0) is 28.3. The summed E-state index contributed by atoms with van der Waals surface area (Å²) >= 11 is 3.49. The van der Waals surface area contributed by atoms with Crippen molar-refractivity contribution in [3.63, 3.8) is 0 Å². The number of ether oxygens (including phenoxy) is 1. The zero-order valence-corrected chi connectivity index (χ0v) is 25.5. The zero-order valence-electron chi connectivity index (χ0n) is 23.9. The van der Waals surface area contributed by atoms with Crippen molar-refractivity contribution in [1.29, 1.82) is 0 Å². The molecule has 10 heteroatoms. The number of aromatic nitrogens is 3. The highest BCUT2D eigenvalue weighted by atomic mass is 79.9. The third-order valence-corrected chi connectivity index (χ3v) is 10.1. The average molecular weight is 628 g/mol.